The van der Waals surface area contributed by atoms with Crippen LogP contribution in [-0.4, -0.2) is 14.2 Å². The normalized spacial score (nSPS) is 8.70. The molecule has 0 aromatic heterocycles. The van der Waals surface area contributed by atoms with E-state index in [0.717, 1.165) is 12.3 Å². The molecular formula is C4H6NNaO3S. The summed E-state index contributed by atoms with van der Waals surface area (Å²) in [5.74, 6) is -0.333. The Labute approximate surface area is 83.4 Å². The van der Waals surface area contributed by atoms with Gasteiger partial charge in [0, 0.05) is 0 Å². The minimum absolute atomic E-state index is 0. The van der Waals surface area contributed by atoms with Crippen molar-refractivity contribution in [1.29, 1.82) is 5.26 Å². The van der Waals surface area contributed by atoms with Crippen molar-refractivity contribution in [2.45, 2.75) is 0 Å². The molecule has 0 aliphatic heterocycles. The minimum atomic E-state index is -3.66. The molecule has 0 saturated heterocycles. The maximum Gasteiger partial charge on any atom is 1.00 e. The quantitative estimate of drug-likeness (QED) is 0.198. The molecule has 0 unspecified atom stereocenters. The molecule has 0 saturated carbocycles. The van der Waals surface area contributed by atoms with Gasteiger partial charge in [0.05, 0.1) is 0 Å². The van der Waals surface area contributed by atoms with Crippen LogP contribution in [0, 0.1) is 11.5 Å². The van der Waals surface area contributed by atoms with E-state index >= 15 is 0 Å². The van der Waals surface area contributed by atoms with E-state index in [-0.39, 0.29) is 36.7 Å². The van der Waals surface area contributed by atoms with Gasteiger partial charge in [-0.1, -0.05) is 6.08 Å². The second-order valence-electron chi connectivity index (χ2n) is 1.19. The first-order valence-electron chi connectivity index (χ1n) is 2.03. The molecule has 0 bridgehead atoms. The van der Waals surface area contributed by atoms with Gasteiger partial charge in [-0.25, -0.2) is 0 Å². The van der Waals surface area contributed by atoms with Crippen molar-refractivity contribution in [3.63, 3.8) is 0 Å². The number of rotatable bonds is 3. The summed E-state index contributed by atoms with van der Waals surface area (Å²) in [5, 5.41) is 7.74. The van der Waals surface area contributed by atoms with E-state index < -0.39 is 10.1 Å². The zero-order valence-electron chi connectivity index (χ0n) is 6.57. The van der Waals surface area contributed by atoms with E-state index in [0.29, 0.717) is 0 Å². The van der Waals surface area contributed by atoms with Crippen molar-refractivity contribution in [1.82, 2.24) is 0 Å². The Kier molecular flexibility index (Phi) is 7.26. The van der Waals surface area contributed by atoms with E-state index in [9.17, 15) is 8.42 Å². The zero-order chi connectivity index (χ0) is 7.33. The van der Waals surface area contributed by atoms with E-state index in [2.05, 4.69) is 10.8 Å². The SMILES string of the molecule is C=CCS(=O)(=O)OC#N.[H-].[Na+]. The third-order valence-corrected chi connectivity index (χ3v) is 1.46. The van der Waals surface area contributed by atoms with Crippen molar-refractivity contribution in [2.24, 2.45) is 0 Å². The van der Waals surface area contributed by atoms with Gasteiger partial charge in [0.15, 0.2) is 0 Å². The average Bonchev–Trinajstić information content (AvgIpc) is 1.64. The van der Waals surface area contributed by atoms with Crippen LogP contribution in [0.3, 0.4) is 0 Å². The van der Waals surface area contributed by atoms with Crippen molar-refractivity contribution >= 4 is 10.1 Å². The van der Waals surface area contributed by atoms with Crippen LogP contribution < -0.4 is 29.6 Å². The molecule has 0 rings (SSSR count). The first-order valence-corrected chi connectivity index (χ1v) is 3.61. The molecule has 0 radical (unpaired) electrons. The average molecular weight is 171 g/mol. The van der Waals surface area contributed by atoms with Crippen LogP contribution in [0.5, 0.6) is 0 Å². The summed E-state index contributed by atoms with van der Waals surface area (Å²) >= 11 is 0. The molecule has 0 aliphatic rings. The fourth-order valence-corrected chi connectivity index (χ4v) is 0.705. The van der Waals surface area contributed by atoms with Gasteiger partial charge in [0.25, 0.3) is 0 Å². The maximum absolute atomic E-state index is 10.3. The second kappa shape index (κ2) is 5.74. The molecule has 0 amide bonds. The van der Waals surface area contributed by atoms with Crippen LogP contribution in [0.2, 0.25) is 0 Å². The van der Waals surface area contributed by atoms with Gasteiger partial charge in [-0.3, -0.25) is 0 Å². The van der Waals surface area contributed by atoms with Gasteiger partial charge >= 0.3 is 45.9 Å². The largest absolute Gasteiger partial charge is 1.00 e. The Bertz CT molecular complexity index is 232. The molecule has 6 heteroatoms. The molecule has 0 aromatic carbocycles. The van der Waals surface area contributed by atoms with E-state index in [1.165, 1.54) is 0 Å². The van der Waals surface area contributed by atoms with E-state index in [4.69, 9.17) is 5.26 Å². The molecule has 0 aromatic rings. The van der Waals surface area contributed by atoms with E-state index in [1.54, 1.807) is 0 Å². The van der Waals surface area contributed by atoms with Crippen molar-refractivity contribution in [3.8, 4) is 6.26 Å². The molecule has 52 valence electrons. The third kappa shape index (κ3) is 6.11. The van der Waals surface area contributed by atoms with Crippen molar-refractivity contribution in [2.75, 3.05) is 5.75 Å². The van der Waals surface area contributed by atoms with Gasteiger partial charge < -0.3 is 5.61 Å². The molecule has 0 N–H and O–H groups in total. The number of hydrogen-bond donors (Lipinski definition) is 0. The van der Waals surface area contributed by atoms with Crippen molar-refractivity contribution < 1.29 is 43.6 Å². The Hall–Kier alpha value is -0.0200. The fourth-order valence-electron chi connectivity index (χ4n) is 0.235. The standard InChI is InChI=1S/C4H5NO3S.Na.H/c1-2-3-9(6,7)8-4-5;;/h2H,1,3H2;;/q;+1;-1. The maximum atomic E-state index is 10.3. The first kappa shape index (κ1) is 12.6. The zero-order valence-corrected chi connectivity index (χ0v) is 8.39. The van der Waals surface area contributed by atoms with Crippen LogP contribution in [0.1, 0.15) is 1.43 Å². The van der Waals surface area contributed by atoms with Crippen LogP contribution in [-0.2, 0) is 14.3 Å². The van der Waals surface area contributed by atoms with Crippen molar-refractivity contribution in [3.05, 3.63) is 12.7 Å². The molecule has 0 heterocycles. The summed E-state index contributed by atoms with van der Waals surface area (Å²) in [6.45, 7) is 3.16. The van der Waals surface area contributed by atoms with Crippen LogP contribution >= 0.6 is 0 Å². The van der Waals surface area contributed by atoms with Crippen LogP contribution in [0.15, 0.2) is 12.7 Å². The summed E-state index contributed by atoms with van der Waals surface area (Å²) in [7, 11) is -3.66. The van der Waals surface area contributed by atoms with Gasteiger partial charge in [-0.05, 0) is 0 Å². The summed E-state index contributed by atoms with van der Waals surface area (Å²) in [6, 6.07) is 0. The molecule has 0 spiro atoms. The number of hydrogen-bond acceptors (Lipinski definition) is 4. The summed E-state index contributed by atoms with van der Waals surface area (Å²) in [6.07, 6.45) is 2.20. The summed E-state index contributed by atoms with van der Waals surface area (Å²) < 4.78 is 24.3. The smallest absolute Gasteiger partial charge is 1.00 e. The third-order valence-electron chi connectivity index (χ3n) is 0.486. The summed E-state index contributed by atoms with van der Waals surface area (Å²) in [5.41, 5.74) is 0. The van der Waals surface area contributed by atoms with Gasteiger partial charge in [0.1, 0.15) is 5.75 Å². The van der Waals surface area contributed by atoms with Gasteiger partial charge in [-0.2, -0.15) is 8.42 Å². The number of nitriles is 1. The molecule has 4 nitrogen and oxygen atoms in total. The topological polar surface area (TPSA) is 67.2 Å². The Morgan fingerprint density at radius 2 is 2.30 bits per heavy atom. The fraction of sp³-hybridized carbons (Fsp3) is 0.250. The van der Waals surface area contributed by atoms with Gasteiger partial charge in [0.2, 0.25) is 0 Å². The Balaban J connectivity index is -0.000000320. The second-order valence-corrected chi connectivity index (χ2v) is 2.80. The molecule has 0 aliphatic carbocycles. The Morgan fingerprint density at radius 1 is 1.80 bits per heavy atom. The van der Waals surface area contributed by atoms with Crippen LogP contribution in [0.4, 0.5) is 0 Å². The molecule has 0 atom stereocenters. The molecular weight excluding hydrogens is 165 g/mol. The molecule has 10 heavy (non-hydrogen) atoms. The van der Waals surface area contributed by atoms with E-state index in [1.807, 2.05) is 0 Å². The number of nitrogens with zero attached hydrogens (tertiary/aromatic N) is 1. The Morgan fingerprint density at radius 3 is 2.60 bits per heavy atom. The van der Waals surface area contributed by atoms with Gasteiger partial charge in [-0.15, -0.1) is 11.8 Å². The molecule has 0 fully saturated rings. The predicted octanol–water partition coefficient (Wildman–Crippen LogP) is -2.88. The van der Waals surface area contributed by atoms with Crippen LogP contribution in [0.25, 0.3) is 0 Å². The minimum Gasteiger partial charge on any atom is -1.00 e. The monoisotopic (exact) mass is 171 g/mol. The predicted molar refractivity (Wildman–Crippen MR) is 31.8 cm³/mol. The first-order chi connectivity index (χ1) is 4.12. The summed E-state index contributed by atoms with van der Waals surface area (Å²) in [4.78, 5) is 0.